The second-order valence-electron chi connectivity index (χ2n) is 3.47. The summed E-state index contributed by atoms with van der Waals surface area (Å²) in [6.07, 6.45) is 0. The lowest BCUT2D eigenvalue weighted by Crippen LogP contribution is -2.48. The van der Waals surface area contributed by atoms with E-state index in [0.717, 1.165) is 13.1 Å². The van der Waals surface area contributed by atoms with Crippen LogP contribution in [0.3, 0.4) is 0 Å². The molecule has 1 saturated heterocycles. The first-order chi connectivity index (χ1) is 5.52. The average Bonchev–Trinajstić information content (AvgIpc) is 1.83. The fourth-order valence-corrected chi connectivity index (χ4v) is 1.69. The van der Waals surface area contributed by atoms with E-state index in [1.807, 2.05) is 0 Å². The monoisotopic (exact) mass is 192 g/mol. The van der Waals surface area contributed by atoms with Crippen LogP contribution in [0, 0.1) is 5.92 Å². The molecule has 2 N–H and O–H groups in total. The molecule has 1 heterocycles. The normalized spacial score (nSPS) is 19.6. The van der Waals surface area contributed by atoms with Gasteiger partial charge >= 0.3 is 0 Å². The third-order valence-electron chi connectivity index (χ3n) is 2.06. The Kier molecular flexibility index (Phi) is 3.09. The molecule has 0 aromatic heterocycles. The zero-order valence-corrected chi connectivity index (χ0v) is 8.32. The summed E-state index contributed by atoms with van der Waals surface area (Å²) in [5.41, 5.74) is 0. The topological polar surface area (TPSA) is 58.2 Å². The Hall–Kier alpha value is -0.130. The predicted octanol–water partition coefficient (Wildman–Crippen LogP) is -0.466. The molecule has 0 bridgehead atoms. The summed E-state index contributed by atoms with van der Waals surface area (Å²) in [6.45, 7) is 5.80. The van der Waals surface area contributed by atoms with Crippen molar-refractivity contribution in [3.05, 3.63) is 0 Å². The Bertz CT molecular complexity index is 232. The molecule has 0 aromatic rings. The number of sulfonamides is 1. The van der Waals surface area contributed by atoms with Crippen molar-refractivity contribution in [2.24, 2.45) is 5.92 Å². The lowest BCUT2D eigenvalue weighted by atomic mass is 10.1. The standard InChI is InChI=1S/C7H16N2O2S/c1-6(2)12(10,11)9-5-7-3-8-4-7/h6-9H,3-5H2,1-2H3. The minimum Gasteiger partial charge on any atom is -0.316 e. The van der Waals surface area contributed by atoms with E-state index < -0.39 is 10.0 Å². The van der Waals surface area contributed by atoms with Crippen LogP contribution in [0.2, 0.25) is 0 Å². The van der Waals surface area contributed by atoms with Crippen LogP contribution in [-0.2, 0) is 10.0 Å². The van der Waals surface area contributed by atoms with Crippen molar-refractivity contribution in [3.8, 4) is 0 Å². The molecule has 0 atom stereocenters. The van der Waals surface area contributed by atoms with E-state index in [4.69, 9.17) is 0 Å². The van der Waals surface area contributed by atoms with E-state index in [9.17, 15) is 8.42 Å². The molecule has 0 spiro atoms. The Morgan fingerprint density at radius 1 is 1.50 bits per heavy atom. The molecular weight excluding hydrogens is 176 g/mol. The lowest BCUT2D eigenvalue weighted by Gasteiger charge is -2.27. The van der Waals surface area contributed by atoms with Gasteiger partial charge in [0.15, 0.2) is 0 Å². The summed E-state index contributed by atoms with van der Waals surface area (Å²) in [6, 6.07) is 0. The van der Waals surface area contributed by atoms with Crippen molar-refractivity contribution in [1.29, 1.82) is 0 Å². The molecule has 1 aliphatic rings. The number of nitrogens with one attached hydrogen (secondary N) is 2. The second kappa shape index (κ2) is 3.72. The zero-order valence-electron chi connectivity index (χ0n) is 7.50. The van der Waals surface area contributed by atoms with Gasteiger partial charge in [0.05, 0.1) is 5.25 Å². The largest absolute Gasteiger partial charge is 0.316 e. The van der Waals surface area contributed by atoms with Gasteiger partial charge in [0.1, 0.15) is 0 Å². The molecule has 12 heavy (non-hydrogen) atoms. The smallest absolute Gasteiger partial charge is 0.213 e. The van der Waals surface area contributed by atoms with Crippen molar-refractivity contribution < 1.29 is 8.42 Å². The van der Waals surface area contributed by atoms with E-state index in [0.29, 0.717) is 12.5 Å². The van der Waals surface area contributed by atoms with Crippen LogP contribution in [0.25, 0.3) is 0 Å². The summed E-state index contributed by atoms with van der Waals surface area (Å²) >= 11 is 0. The van der Waals surface area contributed by atoms with Gasteiger partial charge in [0.2, 0.25) is 10.0 Å². The molecule has 1 rings (SSSR count). The van der Waals surface area contributed by atoms with Crippen molar-refractivity contribution in [2.75, 3.05) is 19.6 Å². The van der Waals surface area contributed by atoms with Crippen LogP contribution in [0.4, 0.5) is 0 Å². The molecule has 0 unspecified atom stereocenters. The van der Waals surface area contributed by atoms with Gasteiger partial charge in [-0.1, -0.05) is 0 Å². The Morgan fingerprint density at radius 3 is 2.42 bits per heavy atom. The third kappa shape index (κ3) is 2.43. The summed E-state index contributed by atoms with van der Waals surface area (Å²) < 4.78 is 25.1. The molecule has 72 valence electrons. The van der Waals surface area contributed by atoms with Crippen LogP contribution in [0.1, 0.15) is 13.8 Å². The Balaban J connectivity index is 2.29. The Labute approximate surface area is 73.8 Å². The molecular formula is C7H16N2O2S. The van der Waals surface area contributed by atoms with E-state index in [1.165, 1.54) is 0 Å². The Morgan fingerprint density at radius 2 is 2.08 bits per heavy atom. The molecule has 0 radical (unpaired) electrons. The van der Waals surface area contributed by atoms with Crippen LogP contribution < -0.4 is 10.0 Å². The maximum atomic E-state index is 11.2. The molecule has 4 nitrogen and oxygen atoms in total. The fourth-order valence-electron chi connectivity index (χ4n) is 0.893. The van der Waals surface area contributed by atoms with Crippen LogP contribution in [0.5, 0.6) is 0 Å². The first-order valence-electron chi connectivity index (χ1n) is 4.21. The molecule has 0 saturated carbocycles. The van der Waals surface area contributed by atoms with E-state index >= 15 is 0 Å². The number of rotatable bonds is 4. The van der Waals surface area contributed by atoms with Crippen molar-refractivity contribution in [3.63, 3.8) is 0 Å². The van der Waals surface area contributed by atoms with Gasteiger partial charge in [-0.25, -0.2) is 13.1 Å². The predicted molar refractivity (Wildman–Crippen MR) is 48.4 cm³/mol. The lowest BCUT2D eigenvalue weighted by molar-refractivity contribution is 0.347. The third-order valence-corrected chi connectivity index (χ3v) is 3.87. The first-order valence-corrected chi connectivity index (χ1v) is 5.76. The minimum absolute atomic E-state index is 0.328. The van der Waals surface area contributed by atoms with E-state index in [1.54, 1.807) is 13.8 Å². The van der Waals surface area contributed by atoms with Gasteiger partial charge < -0.3 is 5.32 Å². The first kappa shape index (κ1) is 9.95. The molecule has 1 aliphatic heterocycles. The van der Waals surface area contributed by atoms with Gasteiger partial charge in [-0.2, -0.15) is 0 Å². The van der Waals surface area contributed by atoms with Crippen LogP contribution >= 0.6 is 0 Å². The fraction of sp³-hybridized carbons (Fsp3) is 1.00. The summed E-state index contributed by atoms with van der Waals surface area (Å²) in [4.78, 5) is 0. The molecule has 0 amide bonds. The van der Waals surface area contributed by atoms with Gasteiger partial charge in [0, 0.05) is 19.6 Å². The average molecular weight is 192 g/mol. The highest BCUT2D eigenvalue weighted by Gasteiger charge is 2.21. The molecule has 0 aliphatic carbocycles. The summed E-state index contributed by atoms with van der Waals surface area (Å²) in [5.74, 6) is 0.485. The van der Waals surface area contributed by atoms with Crippen molar-refractivity contribution in [2.45, 2.75) is 19.1 Å². The van der Waals surface area contributed by atoms with E-state index in [-0.39, 0.29) is 5.25 Å². The molecule has 5 heteroatoms. The minimum atomic E-state index is -3.05. The van der Waals surface area contributed by atoms with Gasteiger partial charge in [-0.15, -0.1) is 0 Å². The van der Waals surface area contributed by atoms with Gasteiger partial charge in [0.25, 0.3) is 0 Å². The maximum absolute atomic E-state index is 11.2. The highest BCUT2D eigenvalue weighted by molar-refractivity contribution is 7.90. The quantitative estimate of drug-likeness (QED) is 0.633. The molecule has 0 aromatic carbocycles. The van der Waals surface area contributed by atoms with E-state index in [2.05, 4.69) is 10.0 Å². The molecule has 1 fully saturated rings. The zero-order chi connectivity index (χ0) is 9.19. The maximum Gasteiger partial charge on any atom is 0.213 e. The van der Waals surface area contributed by atoms with Crippen molar-refractivity contribution >= 4 is 10.0 Å². The summed E-state index contributed by atoms with van der Waals surface area (Å²) in [7, 11) is -3.05. The van der Waals surface area contributed by atoms with Crippen LogP contribution in [0.15, 0.2) is 0 Å². The summed E-state index contributed by atoms with van der Waals surface area (Å²) in [5, 5.41) is 2.76. The number of hydrogen-bond donors (Lipinski definition) is 2. The number of hydrogen-bond acceptors (Lipinski definition) is 3. The van der Waals surface area contributed by atoms with Crippen molar-refractivity contribution in [1.82, 2.24) is 10.0 Å². The highest BCUT2D eigenvalue weighted by atomic mass is 32.2. The second-order valence-corrected chi connectivity index (χ2v) is 5.79. The highest BCUT2D eigenvalue weighted by Crippen LogP contribution is 2.02. The SMILES string of the molecule is CC(C)S(=O)(=O)NCC1CNC1. The van der Waals surface area contributed by atoms with Gasteiger partial charge in [-0.05, 0) is 19.8 Å². The van der Waals surface area contributed by atoms with Crippen LogP contribution in [-0.4, -0.2) is 33.3 Å². The van der Waals surface area contributed by atoms with Gasteiger partial charge in [-0.3, -0.25) is 0 Å².